The summed E-state index contributed by atoms with van der Waals surface area (Å²) in [6.45, 7) is 7.78. The number of benzene rings is 4. The van der Waals surface area contributed by atoms with Crippen molar-refractivity contribution in [2.45, 2.75) is 53.2 Å². The number of hydrogen-bond acceptors (Lipinski definition) is 6. The van der Waals surface area contributed by atoms with Crippen LogP contribution >= 0.6 is 0 Å². The van der Waals surface area contributed by atoms with Gasteiger partial charge < -0.3 is 24.5 Å². The summed E-state index contributed by atoms with van der Waals surface area (Å²) >= 11 is 0. The number of aryl methyl sites for hydroxylation is 4. The number of esters is 1. The van der Waals surface area contributed by atoms with Crippen molar-refractivity contribution >= 4 is 33.3 Å². The Balaban J connectivity index is 1.36. The first-order valence-corrected chi connectivity index (χ1v) is 16.4. The first-order chi connectivity index (χ1) is 23.0. The van der Waals surface area contributed by atoms with Crippen LogP contribution in [0.3, 0.4) is 0 Å². The van der Waals surface area contributed by atoms with Gasteiger partial charge in [0.25, 0.3) is 0 Å². The minimum Gasteiger partial charge on any atom is -0.493 e. The number of rotatable bonds is 14. The number of carbonyl (C=O) groups is 1. The molecule has 47 heavy (non-hydrogen) atoms. The maximum atomic E-state index is 13.8. The smallest absolute Gasteiger partial charge is 0.355 e. The summed E-state index contributed by atoms with van der Waals surface area (Å²) in [5, 5.41) is 24.3. The van der Waals surface area contributed by atoms with E-state index in [1.165, 1.54) is 5.56 Å². The predicted octanol–water partition coefficient (Wildman–Crippen LogP) is 7.98. The molecule has 2 heterocycles. The number of nitrogens with one attached hydrogen (secondary N) is 2. The normalized spacial score (nSPS) is 11.3. The van der Waals surface area contributed by atoms with E-state index in [0.29, 0.717) is 37.4 Å². The van der Waals surface area contributed by atoms with E-state index in [0.717, 1.165) is 68.5 Å². The van der Waals surface area contributed by atoms with E-state index in [1.807, 2.05) is 50.2 Å². The largest absolute Gasteiger partial charge is 0.493 e. The second kappa shape index (κ2) is 14.6. The van der Waals surface area contributed by atoms with Crippen molar-refractivity contribution < 1.29 is 19.4 Å². The lowest BCUT2D eigenvalue weighted by atomic mass is 9.98. The van der Waals surface area contributed by atoms with Crippen LogP contribution in [0, 0.1) is 13.8 Å². The van der Waals surface area contributed by atoms with Crippen LogP contribution < -0.4 is 10.1 Å². The molecule has 8 nitrogen and oxygen atoms in total. The Morgan fingerprint density at radius 2 is 1.70 bits per heavy atom. The van der Waals surface area contributed by atoms with Gasteiger partial charge in [0.15, 0.2) is 0 Å². The van der Waals surface area contributed by atoms with Gasteiger partial charge in [0.1, 0.15) is 11.4 Å². The highest BCUT2D eigenvalue weighted by atomic mass is 16.5. The lowest BCUT2D eigenvalue weighted by Gasteiger charge is -2.15. The van der Waals surface area contributed by atoms with E-state index in [1.54, 1.807) is 0 Å². The predicted molar refractivity (Wildman–Crippen MR) is 188 cm³/mol. The quantitative estimate of drug-likeness (QED) is 0.0833. The average Bonchev–Trinajstić information content (AvgIpc) is 3.62. The Morgan fingerprint density at radius 3 is 2.51 bits per heavy atom. The van der Waals surface area contributed by atoms with E-state index >= 15 is 0 Å². The van der Waals surface area contributed by atoms with Crippen LogP contribution in [0.25, 0.3) is 32.8 Å². The highest BCUT2D eigenvalue weighted by molar-refractivity contribution is 6.05. The van der Waals surface area contributed by atoms with Gasteiger partial charge in [-0.05, 0) is 69.2 Å². The molecule has 0 aliphatic rings. The molecule has 0 bridgehead atoms. The molecule has 0 saturated heterocycles. The van der Waals surface area contributed by atoms with Crippen LogP contribution in [0.5, 0.6) is 5.75 Å². The third-order valence-electron chi connectivity index (χ3n) is 8.62. The van der Waals surface area contributed by atoms with Gasteiger partial charge in [0.05, 0.1) is 36.7 Å². The van der Waals surface area contributed by atoms with E-state index in [2.05, 4.69) is 75.5 Å². The molecule has 0 atom stereocenters. The van der Waals surface area contributed by atoms with Crippen molar-refractivity contribution in [2.75, 3.05) is 25.1 Å². The summed E-state index contributed by atoms with van der Waals surface area (Å²) in [4.78, 5) is 13.8. The lowest BCUT2D eigenvalue weighted by molar-refractivity contribution is 0.0512. The molecule has 0 saturated carbocycles. The summed E-state index contributed by atoms with van der Waals surface area (Å²) in [5.41, 5.74) is 7.95. The molecular weight excluding hydrogens is 588 g/mol. The maximum absolute atomic E-state index is 13.8. The third-order valence-corrected chi connectivity index (χ3v) is 8.62. The molecule has 0 radical (unpaired) electrons. The Bertz CT molecular complexity index is 1990. The number of nitrogens with zero attached hydrogens (tertiary/aromatic N) is 2. The summed E-state index contributed by atoms with van der Waals surface area (Å²) in [5.74, 6) is 0.517. The van der Waals surface area contributed by atoms with Crippen molar-refractivity contribution in [3.05, 3.63) is 113 Å². The zero-order valence-electron chi connectivity index (χ0n) is 27.3. The van der Waals surface area contributed by atoms with Crippen LogP contribution in [0.1, 0.15) is 52.8 Å². The third kappa shape index (κ3) is 6.74. The summed E-state index contributed by atoms with van der Waals surface area (Å²) < 4.78 is 14.1. The number of ether oxygens (including phenoxy) is 2. The molecule has 0 aliphatic heterocycles. The Hall–Kier alpha value is -5.08. The van der Waals surface area contributed by atoms with Crippen LogP contribution in [-0.4, -0.2) is 45.6 Å². The van der Waals surface area contributed by atoms with Crippen molar-refractivity contribution in [2.24, 2.45) is 0 Å². The SMILES string of the molecule is CCOC(=O)c1c(CCCOc2cccc3ccccc23)c2cccc(-c3c(C)n[nH]c3CO)c2n1CCCNc1ccc(C)cc1. The Morgan fingerprint density at radius 1 is 0.936 bits per heavy atom. The zero-order chi connectivity index (χ0) is 32.8. The van der Waals surface area contributed by atoms with Crippen molar-refractivity contribution in [1.82, 2.24) is 14.8 Å². The summed E-state index contributed by atoms with van der Waals surface area (Å²) in [6.07, 6.45) is 2.12. The Labute approximate surface area is 275 Å². The second-order valence-corrected chi connectivity index (χ2v) is 11.8. The fraction of sp³-hybridized carbons (Fsp3) is 0.282. The molecule has 0 fully saturated rings. The van der Waals surface area contributed by atoms with E-state index < -0.39 is 0 Å². The van der Waals surface area contributed by atoms with Crippen molar-refractivity contribution in [3.63, 3.8) is 0 Å². The highest BCUT2D eigenvalue weighted by Gasteiger charge is 2.27. The van der Waals surface area contributed by atoms with E-state index in [4.69, 9.17) is 9.47 Å². The van der Waals surface area contributed by atoms with Crippen LogP contribution in [0.15, 0.2) is 84.9 Å². The van der Waals surface area contributed by atoms with Gasteiger partial charge >= 0.3 is 5.97 Å². The van der Waals surface area contributed by atoms with E-state index in [9.17, 15) is 9.90 Å². The molecular formula is C39H42N4O4. The van der Waals surface area contributed by atoms with Gasteiger partial charge in [-0.2, -0.15) is 5.10 Å². The molecule has 0 amide bonds. The molecule has 3 N–H and O–H groups in total. The molecule has 2 aromatic heterocycles. The van der Waals surface area contributed by atoms with Gasteiger partial charge in [-0.3, -0.25) is 5.10 Å². The number of anilines is 1. The first kappa shape index (κ1) is 31.9. The minimum absolute atomic E-state index is 0.170. The molecule has 8 heteroatoms. The van der Waals surface area contributed by atoms with Crippen molar-refractivity contribution in [1.29, 1.82) is 0 Å². The van der Waals surface area contributed by atoms with E-state index in [-0.39, 0.29) is 19.2 Å². The summed E-state index contributed by atoms with van der Waals surface area (Å²) in [6, 6.07) is 28.8. The maximum Gasteiger partial charge on any atom is 0.355 e. The number of aromatic nitrogens is 3. The van der Waals surface area contributed by atoms with Gasteiger partial charge in [-0.15, -0.1) is 0 Å². The van der Waals surface area contributed by atoms with Crippen LogP contribution in [0.2, 0.25) is 0 Å². The summed E-state index contributed by atoms with van der Waals surface area (Å²) in [7, 11) is 0. The number of para-hydroxylation sites is 1. The lowest BCUT2D eigenvalue weighted by Crippen LogP contribution is -2.16. The average molecular weight is 631 g/mol. The first-order valence-electron chi connectivity index (χ1n) is 16.4. The number of aliphatic hydroxyl groups excluding tert-OH is 1. The molecule has 0 unspecified atom stereocenters. The topological polar surface area (TPSA) is 101 Å². The molecule has 4 aromatic carbocycles. The molecule has 0 aliphatic carbocycles. The monoisotopic (exact) mass is 630 g/mol. The molecule has 6 aromatic rings. The zero-order valence-corrected chi connectivity index (χ0v) is 27.3. The fourth-order valence-corrected chi connectivity index (χ4v) is 6.44. The second-order valence-electron chi connectivity index (χ2n) is 11.8. The molecule has 242 valence electrons. The minimum atomic E-state index is -0.336. The van der Waals surface area contributed by atoms with Gasteiger partial charge in [-0.25, -0.2) is 4.79 Å². The fourth-order valence-electron chi connectivity index (χ4n) is 6.44. The molecule has 0 spiro atoms. The number of carbonyl (C=O) groups excluding carboxylic acids is 1. The number of H-pyrrole nitrogens is 1. The van der Waals surface area contributed by atoms with Gasteiger partial charge in [0, 0.05) is 40.7 Å². The number of aromatic amines is 1. The Kier molecular flexibility index (Phi) is 9.88. The van der Waals surface area contributed by atoms with Crippen LogP contribution in [-0.2, 0) is 24.3 Å². The number of hydrogen-bond donors (Lipinski definition) is 3. The standard InChI is InChI=1S/C39H42N4O4/c1-4-46-39(45)38-32(16-9-24-47-35-17-7-12-28-11-5-6-13-30(28)35)31-14-8-15-33(36-27(3)41-42-34(36)25-44)37(31)43(38)23-10-22-40-29-20-18-26(2)19-21-29/h5-8,11-15,17-21,40,44H,4,9-10,16,22-25H2,1-3H3,(H,41,42). The highest BCUT2D eigenvalue weighted by Crippen LogP contribution is 2.38. The molecule has 6 rings (SSSR count). The van der Waals surface area contributed by atoms with Crippen molar-refractivity contribution in [3.8, 4) is 16.9 Å². The number of aliphatic hydroxyl groups is 1. The number of fused-ring (bicyclic) bond motifs is 2. The van der Waals surface area contributed by atoms with Gasteiger partial charge in [0.2, 0.25) is 0 Å². The van der Waals surface area contributed by atoms with Gasteiger partial charge in [-0.1, -0.05) is 72.3 Å². The van der Waals surface area contributed by atoms with Crippen LogP contribution in [0.4, 0.5) is 5.69 Å².